The molecule has 1 aliphatic rings. The van der Waals surface area contributed by atoms with Gasteiger partial charge in [-0.15, -0.1) is 0 Å². The highest BCUT2D eigenvalue weighted by Gasteiger charge is 2.35. The quantitative estimate of drug-likeness (QED) is 0.762. The number of nitrogens with zero attached hydrogens (tertiary/aromatic N) is 1. The molecular formula is C24H31NO4. The molecular weight excluding hydrogens is 366 g/mol. The van der Waals surface area contributed by atoms with Crippen LogP contribution in [0.1, 0.15) is 52.2 Å². The number of phenols is 1. The van der Waals surface area contributed by atoms with Crippen molar-refractivity contribution in [2.75, 3.05) is 13.2 Å². The first-order chi connectivity index (χ1) is 13.6. The standard InChI is InChI=1S/C24H31NO4/c1-23(2,3)29-22(27)25-15-14-19(25)16-28-21-12-8-18(9-13-21)24(4,5)17-6-10-20(26)11-7-17/h6-13,19,26H,14-16H2,1-5H3. The zero-order valence-electron chi connectivity index (χ0n) is 17.9. The topological polar surface area (TPSA) is 59.0 Å². The Morgan fingerprint density at radius 3 is 2.03 bits per heavy atom. The van der Waals surface area contributed by atoms with Crippen LogP contribution in [0.2, 0.25) is 0 Å². The number of likely N-dealkylation sites (tertiary alicyclic amines) is 1. The lowest BCUT2D eigenvalue weighted by molar-refractivity contribution is -0.0141. The van der Waals surface area contributed by atoms with Gasteiger partial charge in [-0.05, 0) is 62.6 Å². The second kappa shape index (κ2) is 7.97. The van der Waals surface area contributed by atoms with Gasteiger partial charge in [-0.2, -0.15) is 0 Å². The SMILES string of the molecule is CC(C)(C)OC(=O)N1CCC1COc1ccc(C(C)(C)c2ccc(O)cc2)cc1. The molecule has 0 bridgehead atoms. The largest absolute Gasteiger partial charge is 0.508 e. The third-order valence-corrected chi connectivity index (χ3v) is 5.38. The van der Waals surface area contributed by atoms with Gasteiger partial charge in [0.1, 0.15) is 23.7 Å². The number of carbonyl (C=O) groups is 1. The zero-order valence-corrected chi connectivity index (χ0v) is 17.9. The first-order valence-electron chi connectivity index (χ1n) is 10.1. The molecule has 1 amide bonds. The van der Waals surface area contributed by atoms with Crippen LogP contribution in [0.15, 0.2) is 48.5 Å². The van der Waals surface area contributed by atoms with Crippen LogP contribution in [0.4, 0.5) is 4.79 Å². The van der Waals surface area contributed by atoms with E-state index in [1.165, 1.54) is 0 Å². The summed E-state index contributed by atoms with van der Waals surface area (Å²) in [4.78, 5) is 13.9. The van der Waals surface area contributed by atoms with E-state index in [0.29, 0.717) is 13.2 Å². The number of ether oxygens (including phenoxy) is 2. The Bertz CT molecular complexity index is 835. The van der Waals surface area contributed by atoms with Crippen LogP contribution in [0.25, 0.3) is 0 Å². The lowest BCUT2D eigenvalue weighted by atomic mass is 9.78. The van der Waals surface area contributed by atoms with Gasteiger partial charge in [0.2, 0.25) is 0 Å². The number of rotatable bonds is 5. The van der Waals surface area contributed by atoms with Crippen LogP contribution in [0.5, 0.6) is 11.5 Å². The molecule has 1 saturated heterocycles. The molecule has 1 fully saturated rings. The molecule has 1 atom stereocenters. The summed E-state index contributed by atoms with van der Waals surface area (Å²) >= 11 is 0. The zero-order chi connectivity index (χ0) is 21.2. The molecule has 1 N–H and O–H groups in total. The molecule has 1 aliphatic heterocycles. The second-order valence-electron chi connectivity index (χ2n) is 9.12. The van der Waals surface area contributed by atoms with Crippen LogP contribution < -0.4 is 4.74 Å². The number of phenolic OH excluding ortho intramolecular Hbond substituents is 1. The van der Waals surface area contributed by atoms with Crippen molar-refractivity contribution in [2.24, 2.45) is 0 Å². The number of amides is 1. The third kappa shape index (κ3) is 5.03. The maximum atomic E-state index is 12.2. The normalized spacial score (nSPS) is 16.9. The first-order valence-corrected chi connectivity index (χ1v) is 10.1. The van der Waals surface area contributed by atoms with Crippen LogP contribution in [0, 0.1) is 0 Å². The fourth-order valence-corrected chi connectivity index (χ4v) is 3.38. The summed E-state index contributed by atoms with van der Waals surface area (Å²) in [7, 11) is 0. The van der Waals surface area contributed by atoms with E-state index in [9.17, 15) is 9.90 Å². The van der Waals surface area contributed by atoms with Gasteiger partial charge in [0, 0.05) is 12.0 Å². The van der Waals surface area contributed by atoms with Crippen LogP contribution >= 0.6 is 0 Å². The van der Waals surface area contributed by atoms with E-state index in [0.717, 1.165) is 23.3 Å². The number of aromatic hydroxyl groups is 1. The highest BCUT2D eigenvalue weighted by molar-refractivity contribution is 5.69. The van der Waals surface area contributed by atoms with E-state index in [1.807, 2.05) is 45.0 Å². The minimum atomic E-state index is -0.488. The first kappa shape index (κ1) is 21.0. The lowest BCUT2D eigenvalue weighted by Gasteiger charge is -2.41. The summed E-state index contributed by atoms with van der Waals surface area (Å²) in [5.41, 5.74) is 1.62. The average molecular weight is 398 g/mol. The van der Waals surface area contributed by atoms with Crippen LogP contribution in [0.3, 0.4) is 0 Å². The molecule has 29 heavy (non-hydrogen) atoms. The van der Waals surface area contributed by atoms with Gasteiger partial charge in [-0.3, -0.25) is 0 Å². The average Bonchev–Trinajstić information content (AvgIpc) is 2.60. The summed E-state index contributed by atoms with van der Waals surface area (Å²) < 4.78 is 11.4. The van der Waals surface area contributed by atoms with Crippen molar-refractivity contribution in [3.05, 3.63) is 59.7 Å². The van der Waals surface area contributed by atoms with Crippen molar-refractivity contribution in [3.8, 4) is 11.5 Å². The van der Waals surface area contributed by atoms with Crippen molar-refractivity contribution < 1.29 is 19.4 Å². The molecule has 5 nitrogen and oxygen atoms in total. The molecule has 156 valence electrons. The third-order valence-electron chi connectivity index (χ3n) is 5.38. The minimum absolute atomic E-state index is 0.0537. The van der Waals surface area contributed by atoms with E-state index in [1.54, 1.807) is 17.0 Å². The van der Waals surface area contributed by atoms with E-state index in [4.69, 9.17) is 9.47 Å². The lowest BCUT2D eigenvalue weighted by Crippen LogP contribution is -2.55. The van der Waals surface area contributed by atoms with Crippen molar-refractivity contribution >= 4 is 6.09 Å². The Kier molecular flexibility index (Phi) is 5.78. The maximum absolute atomic E-state index is 12.2. The minimum Gasteiger partial charge on any atom is -0.508 e. The second-order valence-corrected chi connectivity index (χ2v) is 9.12. The van der Waals surface area contributed by atoms with E-state index in [2.05, 4.69) is 26.0 Å². The molecule has 0 radical (unpaired) electrons. The van der Waals surface area contributed by atoms with Crippen molar-refractivity contribution in [2.45, 2.75) is 58.1 Å². The molecule has 0 aromatic heterocycles. The molecule has 3 rings (SSSR count). The predicted octanol–water partition coefficient (Wildman–Crippen LogP) is 5.11. The van der Waals surface area contributed by atoms with Gasteiger partial charge >= 0.3 is 6.09 Å². The van der Waals surface area contributed by atoms with Gasteiger partial charge < -0.3 is 19.5 Å². The maximum Gasteiger partial charge on any atom is 0.410 e. The fourth-order valence-electron chi connectivity index (χ4n) is 3.38. The molecule has 0 spiro atoms. The van der Waals surface area contributed by atoms with Crippen molar-refractivity contribution in [1.29, 1.82) is 0 Å². The summed E-state index contributed by atoms with van der Waals surface area (Å²) in [6.45, 7) is 11.1. The van der Waals surface area contributed by atoms with Gasteiger partial charge in [0.15, 0.2) is 0 Å². The number of hydrogen-bond acceptors (Lipinski definition) is 4. The molecule has 2 aromatic rings. The summed E-state index contributed by atoms with van der Waals surface area (Å²) in [6.07, 6.45) is 0.647. The van der Waals surface area contributed by atoms with Crippen LogP contribution in [-0.2, 0) is 10.2 Å². The molecule has 0 aliphatic carbocycles. The Balaban J connectivity index is 1.58. The fraction of sp³-hybridized carbons (Fsp3) is 0.458. The highest BCUT2D eigenvalue weighted by atomic mass is 16.6. The summed E-state index contributed by atoms with van der Waals surface area (Å²) in [5.74, 6) is 1.05. The smallest absolute Gasteiger partial charge is 0.410 e. The Hall–Kier alpha value is -2.69. The molecule has 1 unspecified atom stereocenters. The molecule has 2 aromatic carbocycles. The number of hydrogen-bond donors (Lipinski definition) is 1. The molecule has 5 heteroatoms. The number of benzene rings is 2. The monoisotopic (exact) mass is 397 g/mol. The predicted molar refractivity (Wildman–Crippen MR) is 114 cm³/mol. The molecule has 0 saturated carbocycles. The Labute approximate surface area is 173 Å². The number of carbonyl (C=O) groups excluding carboxylic acids is 1. The van der Waals surface area contributed by atoms with Crippen LogP contribution in [-0.4, -0.2) is 40.9 Å². The van der Waals surface area contributed by atoms with Gasteiger partial charge in [-0.1, -0.05) is 38.1 Å². The van der Waals surface area contributed by atoms with E-state index in [-0.39, 0.29) is 23.3 Å². The van der Waals surface area contributed by atoms with Gasteiger partial charge in [0.05, 0.1) is 6.04 Å². The summed E-state index contributed by atoms with van der Waals surface area (Å²) in [6, 6.07) is 15.4. The van der Waals surface area contributed by atoms with Crippen molar-refractivity contribution in [3.63, 3.8) is 0 Å². The Morgan fingerprint density at radius 1 is 1.00 bits per heavy atom. The van der Waals surface area contributed by atoms with E-state index < -0.39 is 5.60 Å². The van der Waals surface area contributed by atoms with E-state index >= 15 is 0 Å². The van der Waals surface area contributed by atoms with Crippen molar-refractivity contribution in [1.82, 2.24) is 4.90 Å². The van der Waals surface area contributed by atoms with Gasteiger partial charge in [-0.25, -0.2) is 4.79 Å². The Morgan fingerprint density at radius 2 is 1.55 bits per heavy atom. The molecule has 1 heterocycles. The summed E-state index contributed by atoms with van der Waals surface area (Å²) in [5, 5.41) is 9.52. The van der Waals surface area contributed by atoms with Gasteiger partial charge in [0.25, 0.3) is 0 Å². The highest BCUT2D eigenvalue weighted by Crippen LogP contribution is 2.33.